The third-order valence-corrected chi connectivity index (χ3v) is 4.13. The number of carbonyl (C=O) groups excluding carboxylic acids is 1. The number of hydrogen-bond acceptors (Lipinski definition) is 3. The van der Waals surface area contributed by atoms with Crippen LogP contribution in [0.15, 0.2) is 18.2 Å². The van der Waals surface area contributed by atoms with Gasteiger partial charge in [-0.15, -0.1) is 0 Å². The highest BCUT2D eigenvalue weighted by molar-refractivity contribution is 5.98. The van der Waals surface area contributed by atoms with Gasteiger partial charge in [0.2, 0.25) is 0 Å². The zero-order valence-electron chi connectivity index (χ0n) is 12.9. The summed E-state index contributed by atoms with van der Waals surface area (Å²) in [5.41, 5.74) is 6.91. The largest absolute Gasteiger partial charge is 0.491 e. The normalized spacial score (nSPS) is 15.1. The summed E-state index contributed by atoms with van der Waals surface area (Å²) in [6, 6.07) is 5.29. The maximum atomic E-state index is 12.2. The van der Waals surface area contributed by atoms with E-state index in [1.807, 2.05) is 6.92 Å². The summed E-state index contributed by atoms with van der Waals surface area (Å²) >= 11 is 0. The molecule has 0 spiro atoms. The third kappa shape index (κ3) is 4.38. The SMILES string of the molecule is CCOc1c(N)cccc1C(=O)NCCCC1CCCC1. The van der Waals surface area contributed by atoms with Gasteiger partial charge in [-0.2, -0.15) is 0 Å². The molecule has 1 aliphatic rings. The lowest BCUT2D eigenvalue weighted by Crippen LogP contribution is -2.25. The zero-order chi connectivity index (χ0) is 15.1. The van der Waals surface area contributed by atoms with Gasteiger partial charge in [0, 0.05) is 6.54 Å². The average Bonchev–Trinajstić information content (AvgIpc) is 2.99. The van der Waals surface area contributed by atoms with Crippen molar-refractivity contribution in [2.45, 2.75) is 45.4 Å². The molecule has 0 unspecified atom stereocenters. The molecule has 0 heterocycles. The number of benzene rings is 1. The van der Waals surface area contributed by atoms with Gasteiger partial charge in [-0.1, -0.05) is 31.7 Å². The summed E-state index contributed by atoms with van der Waals surface area (Å²) in [5, 5.41) is 2.97. The van der Waals surface area contributed by atoms with Crippen molar-refractivity contribution in [3.05, 3.63) is 23.8 Å². The highest BCUT2D eigenvalue weighted by atomic mass is 16.5. The molecule has 21 heavy (non-hydrogen) atoms. The van der Waals surface area contributed by atoms with Gasteiger partial charge in [0.05, 0.1) is 17.9 Å². The van der Waals surface area contributed by atoms with Crippen molar-refractivity contribution in [1.82, 2.24) is 5.32 Å². The molecule has 0 bridgehead atoms. The minimum absolute atomic E-state index is 0.0998. The number of nitrogen functional groups attached to an aromatic ring is 1. The number of rotatable bonds is 7. The van der Waals surface area contributed by atoms with Gasteiger partial charge < -0.3 is 15.8 Å². The summed E-state index contributed by atoms with van der Waals surface area (Å²) in [6.45, 7) is 3.10. The Morgan fingerprint density at radius 2 is 2.14 bits per heavy atom. The first-order valence-electron chi connectivity index (χ1n) is 8.02. The number of para-hydroxylation sites is 1. The Hall–Kier alpha value is -1.71. The second kappa shape index (κ2) is 7.91. The van der Waals surface area contributed by atoms with E-state index in [-0.39, 0.29) is 5.91 Å². The fraction of sp³-hybridized carbons (Fsp3) is 0.588. The molecule has 116 valence electrons. The van der Waals surface area contributed by atoms with Crippen LogP contribution in [0.25, 0.3) is 0 Å². The van der Waals surface area contributed by atoms with E-state index in [2.05, 4.69) is 5.32 Å². The van der Waals surface area contributed by atoms with Crippen molar-refractivity contribution in [3.63, 3.8) is 0 Å². The second-order valence-corrected chi connectivity index (χ2v) is 5.71. The Balaban J connectivity index is 1.83. The van der Waals surface area contributed by atoms with Crippen molar-refractivity contribution in [3.8, 4) is 5.75 Å². The predicted octanol–water partition coefficient (Wildman–Crippen LogP) is 3.37. The minimum atomic E-state index is -0.0998. The van der Waals surface area contributed by atoms with Crippen LogP contribution in [0.2, 0.25) is 0 Å². The molecule has 0 atom stereocenters. The lowest BCUT2D eigenvalue weighted by molar-refractivity contribution is 0.0948. The van der Waals surface area contributed by atoms with Gasteiger partial charge in [0.15, 0.2) is 5.75 Å². The van der Waals surface area contributed by atoms with Gasteiger partial charge in [0.25, 0.3) is 5.91 Å². The Morgan fingerprint density at radius 3 is 2.86 bits per heavy atom. The first-order chi connectivity index (χ1) is 10.2. The molecule has 1 amide bonds. The number of nitrogens with two attached hydrogens (primary N) is 1. The molecule has 0 saturated heterocycles. The summed E-state index contributed by atoms with van der Waals surface area (Å²) in [5.74, 6) is 1.26. The lowest BCUT2D eigenvalue weighted by atomic mass is 10.0. The third-order valence-electron chi connectivity index (χ3n) is 4.13. The highest BCUT2D eigenvalue weighted by Gasteiger charge is 2.16. The summed E-state index contributed by atoms with van der Waals surface area (Å²) in [4.78, 5) is 12.2. The number of hydrogen-bond donors (Lipinski definition) is 2. The molecule has 1 aromatic rings. The predicted molar refractivity (Wildman–Crippen MR) is 85.5 cm³/mol. The monoisotopic (exact) mass is 290 g/mol. The smallest absolute Gasteiger partial charge is 0.255 e. The summed E-state index contributed by atoms with van der Waals surface area (Å²) < 4.78 is 5.49. The van der Waals surface area contributed by atoms with Crippen molar-refractivity contribution in [2.24, 2.45) is 5.92 Å². The Kier molecular flexibility index (Phi) is 5.90. The summed E-state index contributed by atoms with van der Waals surface area (Å²) in [6.07, 6.45) is 7.73. The Bertz CT molecular complexity index is 468. The van der Waals surface area contributed by atoms with E-state index in [0.717, 1.165) is 18.9 Å². The second-order valence-electron chi connectivity index (χ2n) is 5.71. The van der Waals surface area contributed by atoms with Crippen molar-refractivity contribution in [1.29, 1.82) is 0 Å². The van der Waals surface area contributed by atoms with Crippen LogP contribution in [-0.2, 0) is 0 Å². The average molecular weight is 290 g/mol. The van der Waals surface area contributed by atoms with Crippen LogP contribution in [0.1, 0.15) is 55.8 Å². The van der Waals surface area contributed by atoms with E-state index >= 15 is 0 Å². The standard InChI is InChI=1S/C17H26N2O2/c1-2-21-16-14(10-5-11-15(16)18)17(20)19-12-6-9-13-7-3-4-8-13/h5,10-11,13H,2-4,6-9,12,18H2,1H3,(H,19,20). The molecule has 1 saturated carbocycles. The summed E-state index contributed by atoms with van der Waals surface area (Å²) in [7, 11) is 0. The molecular weight excluding hydrogens is 264 g/mol. The van der Waals surface area contributed by atoms with E-state index in [4.69, 9.17) is 10.5 Å². The van der Waals surface area contributed by atoms with E-state index < -0.39 is 0 Å². The van der Waals surface area contributed by atoms with Crippen LogP contribution >= 0.6 is 0 Å². The molecule has 0 radical (unpaired) electrons. The van der Waals surface area contributed by atoms with Gasteiger partial charge in [0.1, 0.15) is 0 Å². The van der Waals surface area contributed by atoms with Crippen molar-refractivity contribution < 1.29 is 9.53 Å². The fourth-order valence-corrected chi connectivity index (χ4v) is 3.03. The van der Waals surface area contributed by atoms with E-state index in [1.165, 1.54) is 32.1 Å². The highest BCUT2D eigenvalue weighted by Crippen LogP contribution is 2.28. The maximum absolute atomic E-state index is 12.2. The van der Waals surface area contributed by atoms with Gasteiger partial charge >= 0.3 is 0 Å². The van der Waals surface area contributed by atoms with Gasteiger partial charge in [-0.05, 0) is 37.8 Å². The van der Waals surface area contributed by atoms with Gasteiger partial charge in [-0.25, -0.2) is 0 Å². The molecule has 3 N–H and O–H groups in total. The van der Waals surface area contributed by atoms with Gasteiger partial charge in [-0.3, -0.25) is 4.79 Å². The van der Waals surface area contributed by atoms with Crippen LogP contribution in [-0.4, -0.2) is 19.1 Å². The molecule has 2 rings (SSSR count). The van der Waals surface area contributed by atoms with Crippen molar-refractivity contribution in [2.75, 3.05) is 18.9 Å². The number of anilines is 1. The number of carbonyl (C=O) groups is 1. The first kappa shape index (κ1) is 15.7. The quantitative estimate of drug-likeness (QED) is 0.598. The zero-order valence-corrected chi connectivity index (χ0v) is 12.9. The number of nitrogens with one attached hydrogen (secondary N) is 1. The van der Waals surface area contributed by atoms with Crippen LogP contribution in [0, 0.1) is 5.92 Å². The van der Waals surface area contributed by atoms with Crippen LogP contribution in [0.5, 0.6) is 5.75 Å². The van der Waals surface area contributed by atoms with E-state index in [0.29, 0.717) is 23.6 Å². The molecule has 0 aliphatic heterocycles. The number of amides is 1. The molecule has 1 aliphatic carbocycles. The van der Waals surface area contributed by atoms with Crippen LogP contribution < -0.4 is 15.8 Å². The fourth-order valence-electron chi connectivity index (χ4n) is 3.03. The van der Waals surface area contributed by atoms with E-state index in [1.54, 1.807) is 18.2 Å². The first-order valence-corrected chi connectivity index (χ1v) is 8.02. The van der Waals surface area contributed by atoms with E-state index in [9.17, 15) is 4.79 Å². The van der Waals surface area contributed by atoms with Crippen LogP contribution in [0.3, 0.4) is 0 Å². The molecule has 4 heteroatoms. The molecule has 1 aromatic carbocycles. The maximum Gasteiger partial charge on any atom is 0.255 e. The Labute approximate surface area is 127 Å². The topological polar surface area (TPSA) is 64.3 Å². The molecule has 1 fully saturated rings. The molecule has 4 nitrogen and oxygen atoms in total. The Morgan fingerprint density at radius 1 is 1.38 bits per heavy atom. The lowest BCUT2D eigenvalue weighted by Gasteiger charge is -2.13. The van der Waals surface area contributed by atoms with Crippen LogP contribution in [0.4, 0.5) is 5.69 Å². The number of ether oxygens (including phenoxy) is 1. The van der Waals surface area contributed by atoms with Crippen molar-refractivity contribution >= 4 is 11.6 Å². The molecular formula is C17H26N2O2. The minimum Gasteiger partial charge on any atom is -0.491 e. The molecule has 0 aromatic heterocycles.